The van der Waals surface area contributed by atoms with Crippen LogP contribution in [0.3, 0.4) is 0 Å². The van der Waals surface area contributed by atoms with Gasteiger partial charge in [0.1, 0.15) is 11.3 Å². The topological polar surface area (TPSA) is 77.5 Å². The fourth-order valence-electron chi connectivity index (χ4n) is 2.21. The van der Waals surface area contributed by atoms with Crippen LogP contribution in [0.15, 0.2) is 48.5 Å². The summed E-state index contributed by atoms with van der Waals surface area (Å²) in [6.45, 7) is 1.87. The second-order valence-electron chi connectivity index (χ2n) is 5.04. The third-order valence-corrected chi connectivity index (χ3v) is 4.23. The standard InChI is InChI=1S/C18H16N2O4S/c1-2-23-14-9-5-3-7-12(14)17(22)24-11-16(21)20-18-19-13-8-4-6-10-15(13)25-18/h3-10H,2,11H2,1H3,(H,19,20,21). The number of nitrogens with one attached hydrogen (secondary N) is 1. The summed E-state index contributed by atoms with van der Waals surface area (Å²) >= 11 is 1.36. The number of hydrogen-bond acceptors (Lipinski definition) is 6. The lowest BCUT2D eigenvalue weighted by molar-refractivity contribution is -0.119. The molecule has 1 amide bonds. The summed E-state index contributed by atoms with van der Waals surface area (Å²) in [6.07, 6.45) is 0. The predicted molar refractivity (Wildman–Crippen MR) is 96.1 cm³/mol. The fourth-order valence-corrected chi connectivity index (χ4v) is 3.09. The van der Waals surface area contributed by atoms with Crippen LogP contribution in [0.4, 0.5) is 5.13 Å². The molecule has 0 aliphatic heterocycles. The van der Waals surface area contributed by atoms with E-state index in [4.69, 9.17) is 9.47 Å². The first-order valence-electron chi connectivity index (χ1n) is 7.71. The number of esters is 1. The Kier molecular flexibility index (Phi) is 5.25. The zero-order valence-corrected chi connectivity index (χ0v) is 14.3. The first kappa shape index (κ1) is 16.9. The molecule has 2 aromatic carbocycles. The third kappa shape index (κ3) is 4.13. The van der Waals surface area contributed by atoms with Crippen molar-refractivity contribution in [2.45, 2.75) is 6.92 Å². The number of rotatable bonds is 6. The van der Waals surface area contributed by atoms with Gasteiger partial charge in [0, 0.05) is 0 Å². The summed E-state index contributed by atoms with van der Waals surface area (Å²) in [5, 5.41) is 3.11. The number of nitrogens with zero attached hydrogens (tertiary/aromatic N) is 1. The zero-order valence-electron chi connectivity index (χ0n) is 13.5. The molecule has 3 rings (SSSR count). The van der Waals surface area contributed by atoms with Gasteiger partial charge >= 0.3 is 5.97 Å². The summed E-state index contributed by atoms with van der Waals surface area (Å²) in [6, 6.07) is 14.3. The molecule has 0 atom stereocenters. The minimum atomic E-state index is -0.608. The maximum atomic E-state index is 12.1. The molecule has 7 heteroatoms. The van der Waals surface area contributed by atoms with Crippen molar-refractivity contribution >= 4 is 38.6 Å². The van der Waals surface area contributed by atoms with Crippen LogP contribution < -0.4 is 10.1 Å². The van der Waals surface area contributed by atoms with Crippen LogP contribution >= 0.6 is 11.3 Å². The van der Waals surface area contributed by atoms with Crippen LogP contribution in [0.5, 0.6) is 5.75 Å². The van der Waals surface area contributed by atoms with E-state index in [1.807, 2.05) is 31.2 Å². The number of aromatic nitrogens is 1. The van der Waals surface area contributed by atoms with Gasteiger partial charge in [-0.25, -0.2) is 9.78 Å². The lowest BCUT2D eigenvalue weighted by Gasteiger charge is -2.09. The number of carbonyl (C=O) groups is 2. The van der Waals surface area contributed by atoms with Gasteiger partial charge in [0.2, 0.25) is 0 Å². The van der Waals surface area contributed by atoms with Gasteiger partial charge in [0.05, 0.1) is 16.8 Å². The van der Waals surface area contributed by atoms with Crippen molar-refractivity contribution in [3.8, 4) is 5.75 Å². The Bertz CT molecular complexity index is 874. The number of ether oxygens (including phenoxy) is 2. The molecular formula is C18H16N2O4S. The molecule has 0 saturated heterocycles. The average Bonchev–Trinajstić information content (AvgIpc) is 3.02. The van der Waals surface area contributed by atoms with Crippen LogP contribution in [0.1, 0.15) is 17.3 Å². The summed E-state index contributed by atoms with van der Waals surface area (Å²) in [7, 11) is 0. The first-order valence-corrected chi connectivity index (χ1v) is 8.53. The Morgan fingerprint density at radius 3 is 2.68 bits per heavy atom. The maximum Gasteiger partial charge on any atom is 0.342 e. The number of anilines is 1. The third-order valence-electron chi connectivity index (χ3n) is 3.28. The van der Waals surface area contributed by atoms with Crippen molar-refractivity contribution in [3.63, 3.8) is 0 Å². The predicted octanol–water partition coefficient (Wildman–Crippen LogP) is 3.49. The van der Waals surface area contributed by atoms with E-state index in [2.05, 4.69) is 10.3 Å². The molecule has 6 nitrogen and oxygen atoms in total. The highest BCUT2D eigenvalue weighted by molar-refractivity contribution is 7.22. The van der Waals surface area contributed by atoms with Gasteiger partial charge < -0.3 is 9.47 Å². The Labute approximate surface area is 148 Å². The molecular weight excluding hydrogens is 340 g/mol. The molecule has 0 saturated carbocycles. The number of thiazole rings is 1. The minimum absolute atomic E-state index is 0.289. The van der Waals surface area contributed by atoms with E-state index in [1.54, 1.807) is 24.3 Å². The lowest BCUT2D eigenvalue weighted by Crippen LogP contribution is -2.21. The van der Waals surface area contributed by atoms with E-state index >= 15 is 0 Å². The Hall–Kier alpha value is -2.93. The molecule has 0 spiro atoms. The van der Waals surface area contributed by atoms with Crippen molar-refractivity contribution in [3.05, 3.63) is 54.1 Å². The Balaban J connectivity index is 1.59. The summed E-state index contributed by atoms with van der Waals surface area (Å²) < 4.78 is 11.4. The summed E-state index contributed by atoms with van der Waals surface area (Å²) in [5.41, 5.74) is 1.10. The van der Waals surface area contributed by atoms with Gasteiger partial charge in [-0.1, -0.05) is 35.6 Å². The second-order valence-corrected chi connectivity index (χ2v) is 6.07. The van der Waals surface area contributed by atoms with Crippen molar-refractivity contribution < 1.29 is 19.1 Å². The molecule has 1 aromatic heterocycles. The second kappa shape index (κ2) is 7.76. The molecule has 0 radical (unpaired) electrons. The highest BCUT2D eigenvalue weighted by Crippen LogP contribution is 2.25. The monoisotopic (exact) mass is 356 g/mol. The van der Waals surface area contributed by atoms with Gasteiger partial charge in [-0.05, 0) is 31.2 Å². The van der Waals surface area contributed by atoms with Crippen molar-refractivity contribution in [1.82, 2.24) is 4.98 Å². The number of para-hydroxylation sites is 2. The van der Waals surface area contributed by atoms with Crippen LogP contribution in [0, 0.1) is 0 Å². The van der Waals surface area contributed by atoms with E-state index < -0.39 is 18.5 Å². The molecule has 1 N–H and O–H groups in total. The van der Waals surface area contributed by atoms with E-state index in [0.29, 0.717) is 17.5 Å². The maximum absolute atomic E-state index is 12.1. The molecule has 0 fully saturated rings. The molecule has 0 bridgehead atoms. The van der Waals surface area contributed by atoms with E-state index in [0.717, 1.165) is 10.2 Å². The molecule has 25 heavy (non-hydrogen) atoms. The van der Waals surface area contributed by atoms with E-state index in [-0.39, 0.29) is 5.56 Å². The normalized spacial score (nSPS) is 10.4. The lowest BCUT2D eigenvalue weighted by atomic mass is 10.2. The highest BCUT2D eigenvalue weighted by Gasteiger charge is 2.15. The van der Waals surface area contributed by atoms with Crippen molar-refractivity contribution in [1.29, 1.82) is 0 Å². The van der Waals surface area contributed by atoms with Crippen LogP contribution in [0.2, 0.25) is 0 Å². The molecule has 1 heterocycles. The van der Waals surface area contributed by atoms with Crippen LogP contribution in [-0.2, 0) is 9.53 Å². The quantitative estimate of drug-likeness (QED) is 0.684. The first-order chi connectivity index (χ1) is 12.2. The number of fused-ring (bicyclic) bond motifs is 1. The van der Waals surface area contributed by atoms with Crippen LogP contribution in [0.25, 0.3) is 10.2 Å². The molecule has 128 valence electrons. The van der Waals surface area contributed by atoms with Crippen molar-refractivity contribution in [2.75, 3.05) is 18.5 Å². The van der Waals surface area contributed by atoms with E-state index in [1.165, 1.54) is 11.3 Å². The molecule has 0 aliphatic carbocycles. The van der Waals surface area contributed by atoms with E-state index in [9.17, 15) is 9.59 Å². The zero-order chi connectivity index (χ0) is 17.6. The largest absolute Gasteiger partial charge is 0.493 e. The van der Waals surface area contributed by atoms with Gasteiger partial charge in [-0.2, -0.15) is 0 Å². The molecule has 0 aliphatic rings. The van der Waals surface area contributed by atoms with Gasteiger partial charge in [0.15, 0.2) is 11.7 Å². The Morgan fingerprint density at radius 2 is 1.88 bits per heavy atom. The number of hydrogen-bond donors (Lipinski definition) is 1. The molecule has 3 aromatic rings. The number of benzene rings is 2. The summed E-state index contributed by atoms with van der Waals surface area (Å²) in [4.78, 5) is 28.4. The fraction of sp³-hybridized carbons (Fsp3) is 0.167. The van der Waals surface area contributed by atoms with Gasteiger partial charge in [0.25, 0.3) is 5.91 Å². The minimum Gasteiger partial charge on any atom is -0.493 e. The Morgan fingerprint density at radius 1 is 1.12 bits per heavy atom. The number of carbonyl (C=O) groups excluding carboxylic acids is 2. The van der Waals surface area contributed by atoms with Gasteiger partial charge in [-0.15, -0.1) is 0 Å². The van der Waals surface area contributed by atoms with Crippen molar-refractivity contribution in [2.24, 2.45) is 0 Å². The van der Waals surface area contributed by atoms with Crippen LogP contribution in [-0.4, -0.2) is 30.1 Å². The smallest absolute Gasteiger partial charge is 0.342 e. The van der Waals surface area contributed by atoms with Gasteiger partial charge in [-0.3, -0.25) is 10.1 Å². The summed E-state index contributed by atoms with van der Waals surface area (Å²) in [5.74, 6) is -0.619. The average molecular weight is 356 g/mol. The SMILES string of the molecule is CCOc1ccccc1C(=O)OCC(=O)Nc1nc2ccccc2s1. The molecule has 0 unspecified atom stereocenters. The highest BCUT2D eigenvalue weighted by atomic mass is 32.1. The number of amides is 1.